The Morgan fingerprint density at radius 2 is 1.75 bits per heavy atom. The number of likely N-dealkylation sites (tertiary alicyclic amines) is 1. The lowest BCUT2D eigenvalue weighted by atomic mass is 9.86. The van der Waals surface area contributed by atoms with E-state index in [-0.39, 0.29) is 11.8 Å². The zero-order chi connectivity index (χ0) is 15.7. The number of nitrogens with one attached hydrogen (secondary N) is 1. The number of nitrogens with zero attached hydrogens (tertiary/aromatic N) is 1. The number of aliphatic hydroxyl groups is 1. The molecule has 2 amide bonds. The fourth-order valence-corrected chi connectivity index (χ4v) is 1.91. The Labute approximate surface area is 120 Å². The molecule has 0 spiro atoms. The fourth-order valence-electron chi connectivity index (χ4n) is 1.91. The molecule has 0 bridgehead atoms. The summed E-state index contributed by atoms with van der Waals surface area (Å²) in [6.07, 6.45) is -1.07. The number of rotatable bonds is 3. The number of alkyl carbamates (subject to hydrolysis) is 1. The van der Waals surface area contributed by atoms with Gasteiger partial charge in [-0.05, 0) is 33.6 Å². The van der Waals surface area contributed by atoms with Gasteiger partial charge in [-0.15, -0.1) is 0 Å². The highest BCUT2D eigenvalue weighted by atomic mass is 16.6. The second-order valence-electron chi connectivity index (χ2n) is 6.85. The number of ether oxygens (including phenoxy) is 1. The second kappa shape index (κ2) is 5.60. The van der Waals surface area contributed by atoms with Gasteiger partial charge in [-0.2, -0.15) is 0 Å². The van der Waals surface area contributed by atoms with Gasteiger partial charge in [0, 0.05) is 13.1 Å². The number of hydrogen-bond acceptors (Lipinski definition) is 4. The predicted octanol–water partition coefficient (Wildman–Crippen LogP) is 1.13. The maximum Gasteiger partial charge on any atom is 0.408 e. The van der Waals surface area contributed by atoms with Crippen molar-refractivity contribution in [1.29, 1.82) is 0 Å². The Morgan fingerprint density at radius 3 is 2.10 bits per heavy atom. The topological polar surface area (TPSA) is 78.9 Å². The van der Waals surface area contributed by atoms with E-state index in [1.54, 1.807) is 32.6 Å². The second-order valence-corrected chi connectivity index (χ2v) is 6.85. The minimum absolute atomic E-state index is 0.0970. The third-order valence-corrected chi connectivity index (χ3v) is 3.51. The van der Waals surface area contributed by atoms with Crippen LogP contribution in [-0.4, -0.2) is 52.3 Å². The summed E-state index contributed by atoms with van der Waals surface area (Å²) in [5.41, 5.74) is -1.65. The van der Waals surface area contributed by atoms with E-state index < -0.39 is 23.3 Å². The monoisotopic (exact) mass is 286 g/mol. The van der Waals surface area contributed by atoms with Crippen molar-refractivity contribution in [2.75, 3.05) is 13.1 Å². The molecule has 1 saturated heterocycles. The van der Waals surface area contributed by atoms with Crippen LogP contribution in [-0.2, 0) is 9.53 Å². The Hall–Kier alpha value is -1.30. The number of carbonyl (C=O) groups is 2. The Bertz CT molecular complexity index is 383. The summed E-state index contributed by atoms with van der Waals surface area (Å²) in [5, 5.41) is 12.0. The van der Waals surface area contributed by atoms with Gasteiger partial charge in [-0.1, -0.05) is 13.8 Å². The molecule has 1 aliphatic heterocycles. The molecule has 0 aliphatic carbocycles. The molecule has 0 unspecified atom stereocenters. The first-order valence-electron chi connectivity index (χ1n) is 6.94. The van der Waals surface area contributed by atoms with Gasteiger partial charge >= 0.3 is 6.09 Å². The normalized spacial score (nSPS) is 19.3. The SMILES string of the molecule is CC(C)[C@](C)(NC(=O)OC(C)(C)C)C(=O)N1CC(O)C1. The van der Waals surface area contributed by atoms with Crippen LogP contribution in [0.2, 0.25) is 0 Å². The molecule has 0 aromatic rings. The van der Waals surface area contributed by atoms with Crippen LogP contribution < -0.4 is 5.32 Å². The van der Waals surface area contributed by atoms with Crippen LogP contribution >= 0.6 is 0 Å². The number of carbonyl (C=O) groups excluding carboxylic acids is 2. The number of aliphatic hydroxyl groups excluding tert-OH is 1. The third kappa shape index (κ3) is 3.85. The lowest BCUT2D eigenvalue weighted by Gasteiger charge is -2.43. The standard InChI is InChI=1S/C14H26N2O4/c1-9(2)14(6,11(18)16-7-10(17)8-16)15-12(19)20-13(3,4)5/h9-10,17H,7-8H2,1-6H3,(H,15,19)/t14-/m0/s1. The van der Waals surface area contributed by atoms with Gasteiger partial charge in [0.25, 0.3) is 0 Å². The largest absolute Gasteiger partial charge is 0.444 e. The van der Waals surface area contributed by atoms with Gasteiger partial charge in [0.2, 0.25) is 5.91 Å². The number of hydrogen-bond donors (Lipinski definition) is 2. The maximum atomic E-state index is 12.5. The molecular formula is C14H26N2O4. The molecule has 1 atom stereocenters. The molecule has 0 radical (unpaired) electrons. The van der Waals surface area contributed by atoms with Crippen LogP contribution in [0.15, 0.2) is 0 Å². The van der Waals surface area contributed by atoms with E-state index in [9.17, 15) is 14.7 Å². The van der Waals surface area contributed by atoms with E-state index in [2.05, 4.69) is 5.32 Å². The minimum atomic E-state index is -1.04. The molecule has 1 heterocycles. The number of amides is 2. The van der Waals surface area contributed by atoms with E-state index in [1.165, 1.54) is 0 Å². The average molecular weight is 286 g/mol. The smallest absolute Gasteiger partial charge is 0.408 e. The summed E-state index contributed by atoms with van der Waals surface area (Å²) < 4.78 is 5.22. The summed E-state index contributed by atoms with van der Waals surface area (Å²) in [7, 11) is 0. The molecule has 0 saturated carbocycles. The molecular weight excluding hydrogens is 260 g/mol. The average Bonchev–Trinajstić information content (AvgIpc) is 2.20. The lowest BCUT2D eigenvalue weighted by molar-refractivity contribution is -0.149. The van der Waals surface area contributed by atoms with Crippen molar-refractivity contribution in [3.63, 3.8) is 0 Å². The molecule has 0 aromatic heterocycles. The molecule has 2 N–H and O–H groups in total. The van der Waals surface area contributed by atoms with Crippen LogP contribution in [0.1, 0.15) is 41.5 Å². The van der Waals surface area contributed by atoms with E-state index in [0.717, 1.165) is 0 Å². The van der Waals surface area contributed by atoms with E-state index in [0.29, 0.717) is 13.1 Å². The summed E-state index contributed by atoms with van der Waals surface area (Å²) in [4.78, 5) is 25.9. The summed E-state index contributed by atoms with van der Waals surface area (Å²) >= 11 is 0. The van der Waals surface area contributed by atoms with Gasteiger partial charge in [0.15, 0.2) is 0 Å². The van der Waals surface area contributed by atoms with Crippen molar-refractivity contribution in [3.8, 4) is 0 Å². The van der Waals surface area contributed by atoms with Gasteiger partial charge in [0.05, 0.1) is 6.10 Å². The molecule has 1 rings (SSSR count). The fraction of sp³-hybridized carbons (Fsp3) is 0.857. The minimum Gasteiger partial charge on any atom is -0.444 e. The zero-order valence-electron chi connectivity index (χ0n) is 13.2. The summed E-state index contributed by atoms with van der Waals surface area (Å²) in [6.45, 7) is 11.4. The predicted molar refractivity (Wildman–Crippen MR) is 75.2 cm³/mol. The van der Waals surface area contributed by atoms with Crippen molar-refractivity contribution in [3.05, 3.63) is 0 Å². The lowest BCUT2D eigenvalue weighted by Crippen LogP contribution is -2.66. The van der Waals surface area contributed by atoms with Crippen LogP contribution in [0.5, 0.6) is 0 Å². The Balaban J connectivity index is 2.76. The van der Waals surface area contributed by atoms with Crippen LogP contribution in [0.4, 0.5) is 4.79 Å². The van der Waals surface area contributed by atoms with Crippen molar-refractivity contribution >= 4 is 12.0 Å². The maximum absolute atomic E-state index is 12.5. The quantitative estimate of drug-likeness (QED) is 0.815. The first-order chi connectivity index (χ1) is 8.95. The highest BCUT2D eigenvalue weighted by Crippen LogP contribution is 2.23. The van der Waals surface area contributed by atoms with Crippen LogP contribution in [0.3, 0.4) is 0 Å². The van der Waals surface area contributed by atoms with E-state index in [4.69, 9.17) is 4.74 Å². The summed E-state index contributed by atoms with van der Waals surface area (Å²) in [6, 6.07) is 0. The highest BCUT2D eigenvalue weighted by Gasteiger charge is 2.45. The van der Waals surface area contributed by atoms with Crippen molar-refractivity contribution < 1.29 is 19.4 Å². The van der Waals surface area contributed by atoms with Gasteiger partial charge in [-0.3, -0.25) is 4.79 Å². The third-order valence-electron chi connectivity index (χ3n) is 3.51. The molecule has 0 aromatic carbocycles. The molecule has 1 fully saturated rings. The summed E-state index contributed by atoms with van der Waals surface area (Å²) in [5.74, 6) is -0.288. The molecule has 1 aliphatic rings. The molecule has 20 heavy (non-hydrogen) atoms. The van der Waals surface area contributed by atoms with Crippen LogP contribution in [0, 0.1) is 5.92 Å². The van der Waals surface area contributed by atoms with E-state index >= 15 is 0 Å². The Kier molecular flexibility index (Phi) is 4.69. The molecule has 6 heteroatoms. The number of β-amino-alcohol motifs (C(OH)–C–C–N with tert-alkyl or cyclic N) is 1. The molecule has 116 valence electrons. The first kappa shape index (κ1) is 16.8. The van der Waals surface area contributed by atoms with Crippen molar-refractivity contribution in [1.82, 2.24) is 10.2 Å². The highest BCUT2D eigenvalue weighted by molar-refractivity contribution is 5.90. The van der Waals surface area contributed by atoms with Gasteiger partial charge in [0.1, 0.15) is 11.1 Å². The molecule has 6 nitrogen and oxygen atoms in total. The van der Waals surface area contributed by atoms with Gasteiger partial charge in [-0.25, -0.2) is 4.79 Å². The zero-order valence-corrected chi connectivity index (χ0v) is 13.2. The first-order valence-corrected chi connectivity index (χ1v) is 6.94. The Morgan fingerprint density at radius 1 is 1.25 bits per heavy atom. The van der Waals surface area contributed by atoms with Crippen LogP contribution in [0.25, 0.3) is 0 Å². The van der Waals surface area contributed by atoms with Crippen molar-refractivity contribution in [2.24, 2.45) is 5.92 Å². The van der Waals surface area contributed by atoms with E-state index in [1.807, 2.05) is 13.8 Å². The van der Waals surface area contributed by atoms with Gasteiger partial charge < -0.3 is 20.1 Å². The van der Waals surface area contributed by atoms with Crippen molar-refractivity contribution in [2.45, 2.75) is 58.8 Å².